The summed E-state index contributed by atoms with van der Waals surface area (Å²) < 4.78 is 0. The summed E-state index contributed by atoms with van der Waals surface area (Å²) in [5.41, 5.74) is 0. The van der Waals surface area contributed by atoms with Crippen LogP contribution in [-0.4, -0.2) is 37.0 Å². The molecule has 1 aliphatic heterocycles. The highest BCUT2D eigenvalue weighted by molar-refractivity contribution is 5.85. The van der Waals surface area contributed by atoms with Crippen LogP contribution in [0, 0.1) is 17.8 Å². The number of carbonyl (C=O) groups excluding carboxylic acids is 1. The molecule has 0 spiro atoms. The van der Waals surface area contributed by atoms with Crippen molar-refractivity contribution < 1.29 is 4.79 Å². The van der Waals surface area contributed by atoms with Crippen LogP contribution >= 0.6 is 12.4 Å². The van der Waals surface area contributed by atoms with Crippen molar-refractivity contribution in [1.29, 1.82) is 0 Å². The number of rotatable bonds is 3. The van der Waals surface area contributed by atoms with Crippen molar-refractivity contribution >= 4 is 18.3 Å². The van der Waals surface area contributed by atoms with E-state index in [1.54, 1.807) is 0 Å². The maximum absolute atomic E-state index is 12.5. The molecule has 2 bridgehead atoms. The van der Waals surface area contributed by atoms with Gasteiger partial charge in [-0.05, 0) is 69.4 Å². The van der Waals surface area contributed by atoms with Gasteiger partial charge in [-0.3, -0.25) is 4.79 Å². The Kier molecular flexibility index (Phi) is 5.74. The van der Waals surface area contributed by atoms with Crippen molar-refractivity contribution in [2.75, 3.05) is 20.1 Å². The van der Waals surface area contributed by atoms with Crippen LogP contribution in [0.4, 0.5) is 0 Å². The van der Waals surface area contributed by atoms with Crippen LogP contribution in [0.5, 0.6) is 0 Å². The Hall–Kier alpha value is -0.280. The molecule has 2 aliphatic carbocycles. The van der Waals surface area contributed by atoms with Crippen molar-refractivity contribution in [3.63, 3.8) is 0 Å². The first-order valence-corrected chi connectivity index (χ1v) is 8.20. The fourth-order valence-corrected chi connectivity index (χ4v) is 4.59. The highest BCUT2D eigenvalue weighted by Gasteiger charge is 2.40. The van der Waals surface area contributed by atoms with E-state index in [9.17, 15) is 4.79 Å². The third-order valence-corrected chi connectivity index (χ3v) is 5.81. The number of nitrogens with zero attached hydrogens (tertiary/aromatic N) is 1. The quantitative estimate of drug-likeness (QED) is 0.869. The number of amides is 1. The zero-order valence-electron chi connectivity index (χ0n) is 12.6. The van der Waals surface area contributed by atoms with Crippen molar-refractivity contribution in [2.45, 2.75) is 57.4 Å². The lowest BCUT2D eigenvalue weighted by atomic mass is 9.86. The van der Waals surface area contributed by atoms with Gasteiger partial charge in [0.2, 0.25) is 5.91 Å². The molecule has 3 aliphatic rings. The summed E-state index contributed by atoms with van der Waals surface area (Å²) in [6, 6.07) is 0.473. The van der Waals surface area contributed by atoms with Gasteiger partial charge in [0, 0.05) is 19.5 Å². The van der Waals surface area contributed by atoms with E-state index in [0.29, 0.717) is 17.9 Å². The summed E-state index contributed by atoms with van der Waals surface area (Å²) in [5, 5.41) is 3.43. The van der Waals surface area contributed by atoms with E-state index < -0.39 is 0 Å². The maximum Gasteiger partial charge on any atom is 0.222 e. The molecule has 4 heteroatoms. The Morgan fingerprint density at radius 2 is 2.00 bits per heavy atom. The summed E-state index contributed by atoms with van der Waals surface area (Å²) in [7, 11) is 2.03. The Morgan fingerprint density at radius 3 is 2.70 bits per heavy atom. The van der Waals surface area contributed by atoms with Crippen LogP contribution in [-0.2, 0) is 4.79 Å². The second kappa shape index (κ2) is 7.13. The molecule has 0 radical (unpaired) electrons. The minimum atomic E-state index is 0. The summed E-state index contributed by atoms with van der Waals surface area (Å²) in [6.45, 7) is 2.18. The van der Waals surface area contributed by atoms with Gasteiger partial charge in [-0.25, -0.2) is 0 Å². The lowest BCUT2D eigenvalue weighted by molar-refractivity contribution is -0.133. The maximum atomic E-state index is 12.5. The smallest absolute Gasteiger partial charge is 0.222 e. The largest absolute Gasteiger partial charge is 0.343 e. The van der Waals surface area contributed by atoms with E-state index in [-0.39, 0.29) is 12.4 Å². The molecule has 1 saturated heterocycles. The second-order valence-electron chi connectivity index (χ2n) is 6.98. The molecule has 116 valence electrons. The fraction of sp³-hybridized carbons (Fsp3) is 0.938. The molecule has 1 amide bonds. The van der Waals surface area contributed by atoms with E-state index in [1.807, 2.05) is 7.05 Å². The lowest BCUT2D eigenvalue weighted by Crippen LogP contribution is -2.38. The molecule has 4 atom stereocenters. The van der Waals surface area contributed by atoms with Gasteiger partial charge in [-0.2, -0.15) is 0 Å². The average molecular weight is 301 g/mol. The third-order valence-electron chi connectivity index (χ3n) is 5.81. The van der Waals surface area contributed by atoms with Gasteiger partial charge >= 0.3 is 0 Å². The van der Waals surface area contributed by atoms with Gasteiger partial charge in [0.05, 0.1) is 0 Å². The zero-order valence-corrected chi connectivity index (χ0v) is 13.5. The summed E-state index contributed by atoms with van der Waals surface area (Å²) in [5.74, 6) is 2.94. The molecule has 0 aromatic rings. The molecule has 0 aromatic carbocycles. The first-order valence-electron chi connectivity index (χ1n) is 8.20. The summed E-state index contributed by atoms with van der Waals surface area (Å²) in [6.07, 6.45) is 9.88. The van der Waals surface area contributed by atoms with E-state index in [1.165, 1.54) is 38.5 Å². The number of fused-ring (bicyclic) bond motifs is 2. The molecule has 1 N–H and O–H groups in total. The summed E-state index contributed by atoms with van der Waals surface area (Å²) >= 11 is 0. The second-order valence-corrected chi connectivity index (χ2v) is 6.98. The Morgan fingerprint density at radius 1 is 1.15 bits per heavy atom. The molecule has 0 aromatic heterocycles. The van der Waals surface area contributed by atoms with Crippen molar-refractivity contribution in [1.82, 2.24) is 10.2 Å². The molecule has 20 heavy (non-hydrogen) atoms. The fourth-order valence-electron chi connectivity index (χ4n) is 4.59. The molecule has 3 nitrogen and oxygen atoms in total. The van der Waals surface area contributed by atoms with Crippen molar-refractivity contribution in [3.8, 4) is 0 Å². The van der Waals surface area contributed by atoms with Crippen LogP contribution in [0.25, 0.3) is 0 Å². The van der Waals surface area contributed by atoms with E-state index in [0.717, 1.165) is 37.8 Å². The monoisotopic (exact) mass is 300 g/mol. The predicted octanol–water partition coefficient (Wildman–Crippen LogP) is 2.84. The van der Waals surface area contributed by atoms with E-state index in [2.05, 4.69) is 10.2 Å². The van der Waals surface area contributed by atoms with Gasteiger partial charge in [-0.1, -0.05) is 6.42 Å². The average Bonchev–Trinajstić information content (AvgIpc) is 2.91. The normalized spacial score (nSPS) is 36.2. The molecular formula is C16H29ClN2O. The lowest BCUT2D eigenvalue weighted by Gasteiger charge is -2.30. The van der Waals surface area contributed by atoms with Crippen LogP contribution in [0.15, 0.2) is 0 Å². The number of hydrogen-bond donors (Lipinski definition) is 1. The van der Waals surface area contributed by atoms with Crippen molar-refractivity contribution in [2.24, 2.45) is 17.8 Å². The highest BCUT2D eigenvalue weighted by atomic mass is 35.5. The van der Waals surface area contributed by atoms with Gasteiger partial charge in [0.25, 0.3) is 0 Å². The zero-order chi connectivity index (χ0) is 13.2. The molecule has 1 heterocycles. The van der Waals surface area contributed by atoms with Gasteiger partial charge in [0.15, 0.2) is 0 Å². The van der Waals surface area contributed by atoms with Gasteiger partial charge in [-0.15, -0.1) is 12.4 Å². The molecule has 3 fully saturated rings. The first-order chi connectivity index (χ1) is 9.24. The molecule has 4 unspecified atom stereocenters. The van der Waals surface area contributed by atoms with Crippen LogP contribution in [0.2, 0.25) is 0 Å². The van der Waals surface area contributed by atoms with Crippen LogP contribution < -0.4 is 5.32 Å². The number of nitrogens with one attached hydrogen (secondary N) is 1. The SMILES string of the molecule is CN(C(=O)CC1CC2CCC1C2)C1CCCNCC1.Cl. The van der Waals surface area contributed by atoms with Gasteiger partial charge in [0.1, 0.15) is 0 Å². The number of carbonyl (C=O) groups is 1. The third kappa shape index (κ3) is 3.48. The predicted molar refractivity (Wildman–Crippen MR) is 84.1 cm³/mol. The first kappa shape index (κ1) is 16.1. The minimum absolute atomic E-state index is 0. The Bertz CT molecular complexity index is 328. The number of hydrogen-bond acceptors (Lipinski definition) is 2. The molecular weight excluding hydrogens is 272 g/mol. The topological polar surface area (TPSA) is 32.3 Å². The van der Waals surface area contributed by atoms with E-state index >= 15 is 0 Å². The minimum Gasteiger partial charge on any atom is -0.343 e. The van der Waals surface area contributed by atoms with Crippen LogP contribution in [0.1, 0.15) is 51.4 Å². The Labute approximate surface area is 129 Å². The Balaban J connectivity index is 0.00000147. The highest BCUT2D eigenvalue weighted by Crippen LogP contribution is 2.49. The summed E-state index contributed by atoms with van der Waals surface area (Å²) in [4.78, 5) is 14.6. The molecule has 3 rings (SSSR count). The standard InChI is InChI=1S/C16H28N2O.ClH/c1-18(15-3-2-7-17-8-6-15)16(19)11-14-10-12-4-5-13(14)9-12;/h12-15,17H,2-11H2,1H3;1H. The number of halogens is 1. The van der Waals surface area contributed by atoms with Crippen molar-refractivity contribution in [3.05, 3.63) is 0 Å². The van der Waals surface area contributed by atoms with Crippen LogP contribution in [0.3, 0.4) is 0 Å². The molecule has 2 saturated carbocycles. The van der Waals surface area contributed by atoms with Gasteiger partial charge < -0.3 is 10.2 Å². The van der Waals surface area contributed by atoms with E-state index in [4.69, 9.17) is 0 Å².